The molecule has 0 atom stereocenters. The lowest BCUT2D eigenvalue weighted by Crippen LogP contribution is -2.13. The number of nitro benzene ring substituents is 1. The summed E-state index contributed by atoms with van der Waals surface area (Å²) in [5.74, 6) is 0.648. The molecule has 0 aliphatic carbocycles. The van der Waals surface area contributed by atoms with Gasteiger partial charge in [0.2, 0.25) is 5.91 Å². The standard InChI is InChI=1S/C11H8N2O3.C8H9NO/c12-7-10-4-5-11(16-10)8-2-1-3-9(6-8)13(14)15;9-8(10)6-7-4-2-1-3-5-7/h1-7,12H;1-5H,6H2,(H2,9,10). The van der Waals surface area contributed by atoms with Gasteiger partial charge >= 0.3 is 0 Å². The summed E-state index contributed by atoms with van der Waals surface area (Å²) in [6.45, 7) is 0. The van der Waals surface area contributed by atoms with Crippen molar-refractivity contribution in [1.29, 1.82) is 5.41 Å². The molecule has 0 saturated carbocycles. The van der Waals surface area contributed by atoms with Gasteiger partial charge in [0.15, 0.2) is 0 Å². The first-order valence-corrected chi connectivity index (χ1v) is 7.67. The minimum atomic E-state index is -0.454. The molecule has 0 aliphatic heterocycles. The van der Waals surface area contributed by atoms with Gasteiger partial charge in [-0.2, -0.15) is 0 Å². The number of non-ortho nitro benzene ring substituents is 1. The number of carbonyl (C=O) groups is 1. The van der Waals surface area contributed by atoms with Gasteiger partial charge in [-0.1, -0.05) is 42.5 Å². The van der Waals surface area contributed by atoms with Crippen molar-refractivity contribution in [3.63, 3.8) is 0 Å². The fourth-order valence-corrected chi connectivity index (χ4v) is 2.16. The molecule has 0 unspecified atom stereocenters. The molecule has 0 aliphatic rings. The molecule has 0 saturated heterocycles. The highest BCUT2D eigenvalue weighted by atomic mass is 16.6. The van der Waals surface area contributed by atoms with Crippen LogP contribution in [0.2, 0.25) is 0 Å². The smallest absolute Gasteiger partial charge is 0.270 e. The lowest BCUT2D eigenvalue weighted by atomic mass is 10.1. The Balaban J connectivity index is 0.000000209. The molecule has 7 nitrogen and oxygen atoms in total. The second kappa shape index (κ2) is 8.93. The third-order valence-electron chi connectivity index (χ3n) is 3.33. The van der Waals surface area contributed by atoms with E-state index in [1.807, 2.05) is 30.3 Å². The number of rotatable bonds is 5. The summed E-state index contributed by atoms with van der Waals surface area (Å²) in [4.78, 5) is 20.5. The number of hydrogen-bond acceptors (Lipinski definition) is 5. The maximum Gasteiger partial charge on any atom is 0.270 e. The van der Waals surface area contributed by atoms with Crippen LogP contribution < -0.4 is 5.73 Å². The van der Waals surface area contributed by atoms with Gasteiger partial charge in [-0.15, -0.1) is 0 Å². The van der Waals surface area contributed by atoms with E-state index in [0.717, 1.165) is 11.8 Å². The van der Waals surface area contributed by atoms with Crippen LogP contribution >= 0.6 is 0 Å². The van der Waals surface area contributed by atoms with E-state index < -0.39 is 4.92 Å². The fraction of sp³-hybridized carbons (Fsp3) is 0.0526. The lowest BCUT2D eigenvalue weighted by Gasteiger charge is -1.96. The average molecular weight is 351 g/mol. The quantitative estimate of drug-likeness (QED) is 0.414. The van der Waals surface area contributed by atoms with Gasteiger partial charge < -0.3 is 15.6 Å². The van der Waals surface area contributed by atoms with E-state index in [-0.39, 0.29) is 11.6 Å². The van der Waals surface area contributed by atoms with Crippen molar-refractivity contribution in [2.75, 3.05) is 0 Å². The van der Waals surface area contributed by atoms with E-state index in [1.54, 1.807) is 24.3 Å². The zero-order valence-electron chi connectivity index (χ0n) is 13.8. The van der Waals surface area contributed by atoms with Crippen molar-refractivity contribution in [2.24, 2.45) is 5.73 Å². The molecule has 26 heavy (non-hydrogen) atoms. The van der Waals surface area contributed by atoms with Crippen LogP contribution in [0, 0.1) is 15.5 Å². The van der Waals surface area contributed by atoms with Crippen LogP contribution in [-0.2, 0) is 11.2 Å². The van der Waals surface area contributed by atoms with E-state index in [9.17, 15) is 14.9 Å². The maximum atomic E-state index is 10.6. The first-order chi connectivity index (χ1) is 12.5. The molecule has 7 heteroatoms. The van der Waals surface area contributed by atoms with Crippen molar-refractivity contribution in [3.05, 3.63) is 88.2 Å². The minimum Gasteiger partial charge on any atom is -0.455 e. The molecule has 1 amide bonds. The van der Waals surface area contributed by atoms with Gasteiger partial charge in [-0.3, -0.25) is 14.9 Å². The van der Waals surface area contributed by atoms with Crippen molar-refractivity contribution in [1.82, 2.24) is 0 Å². The molecule has 2 aromatic carbocycles. The summed E-state index contributed by atoms with van der Waals surface area (Å²) in [6.07, 6.45) is 1.42. The Kier molecular flexibility index (Phi) is 6.39. The topological polar surface area (TPSA) is 123 Å². The van der Waals surface area contributed by atoms with Gasteiger partial charge in [0.1, 0.15) is 11.5 Å². The molecular weight excluding hydrogens is 334 g/mol. The van der Waals surface area contributed by atoms with Gasteiger partial charge in [0, 0.05) is 17.7 Å². The zero-order chi connectivity index (χ0) is 18.9. The Hall–Kier alpha value is -3.74. The SMILES string of the molecule is N=Cc1ccc(-c2cccc([N+](=O)[O-])c2)o1.NC(=O)Cc1ccccc1. The summed E-state index contributed by atoms with van der Waals surface area (Å²) < 4.78 is 5.29. The van der Waals surface area contributed by atoms with Crippen molar-refractivity contribution in [2.45, 2.75) is 6.42 Å². The third kappa shape index (κ3) is 5.41. The number of nitrogens with one attached hydrogen (secondary N) is 1. The molecule has 0 fully saturated rings. The van der Waals surface area contributed by atoms with Gasteiger partial charge in [0.05, 0.1) is 17.6 Å². The number of nitrogens with zero attached hydrogens (tertiary/aromatic N) is 1. The van der Waals surface area contributed by atoms with Crippen LogP contribution in [-0.4, -0.2) is 17.0 Å². The van der Waals surface area contributed by atoms with E-state index >= 15 is 0 Å². The minimum absolute atomic E-state index is 0.0188. The summed E-state index contributed by atoms with van der Waals surface area (Å²) in [5, 5.41) is 17.6. The first kappa shape index (κ1) is 18.6. The number of furan rings is 1. The Morgan fingerprint density at radius 2 is 1.85 bits per heavy atom. The normalized spacial score (nSPS) is 9.69. The second-order valence-electron chi connectivity index (χ2n) is 5.28. The number of nitrogens with two attached hydrogens (primary N) is 1. The highest BCUT2D eigenvalue weighted by Crippen LogP contribution is 2.25. The zero-order valence-corrected chi connectivity index (χ0v) is 13.8. The predicted octanol–water partition coefficient (Wildman–Crippen LogP) is 3.57. The van der Waals surface area contributed by atoms with Crippen molar-refractivity contribution in [3.8, 4) is 11.3 Å². The number of primary amides is 1. The number of nitro groups is 1. The summed E-state index contributed by atoms with van der Waals surface area (Å²) in [6, 6.07) is 18.9. The second-order valence-corrected chi connectivity index (χ2v) is 5.28. The van der Waals surface area contributed by atoms with E-state index in [2.05, 4.69) is 0 Å². The monoisotopic (exact) mass is 351 g/mol. The van der Waals surface area contributed by atoms with Gasteiger partial charge in [-0.25, -0.2) is 0 Å². The molecule has 1 heterocycles. The molecule has 3 rings (SSSR count). The van der Waals surface area contributed by atoms with Gasteiger partial charge in [0.25, 0.3) is 5.69 Å². The van der Waals surface area contributed by atoms with Crippen LogP contribution in [0.4, 0.5) is 5.69 Å². The number of benzene rings is 2. The Bertz CT molecular complexity index is 904. The highest BCUT2D eigenvalue weighted by molar-refractivity contribution is 5.76. The maximum absolute atomic E-state index is 10.6. The third-order valence-corrected chi connectivity index (χ3v) is 3.33. The number of amides is 1. The largest absolute Gasteiger partial charge is 0.455 e. The van der Waals surface area contributed by atoms with E-state index in [0.29, 0.717) is 23.5 Å². The van der Waals surface area contributed by atoms with Crippen LogP contribution in [0.5, 0.6) is 0 Å². The molecule has 0 bridgehead atoms. The molecule has 0 radical (unpaired) electrons. The summed E-state index contributed by atoms with van der Waals surface area (Å²) in [7, 11) is 0. The molecule has 0 spiro atoms. The van der Waals surface area contributed by atoms with Crippen LogP contribution in [0.25, 0.3) is 11.3 Å². The van der Waals surface area contributed by atoms with Crippen molar-refractivity contribution < 1.29 is 14.1 Å². The molecule has 132 valence electrons. The first-order valence-electron chi connectivity index (χ1n) is 7.67. The van der Waals surface area contributed by atoms with Crippen LogP contribution in [0.3, 0.4) is 0 Å². The highest BCUT2D eigenvalue weighted by Gasteiger charge is 2.09. The Labute approximate surface area is 149 Å². The van der Waals surface area contributed by atoms with Crippen LogP contribution in [0.1, 0.15) is 11.3 Å². The summed E-state index contributed by atoms with van der Waals surface area (Å²) >= 11 is 0. The molecule has 3 aromatic rings. The molecule has 1 aromatic heterocycles. The predicted molar refractivity (Wildman–Crippen MR) is 98.0 cm³/mol. The van der Waals surface area contributed by atoms with E-state index in [1.165, 1.54) is 12.1 Å². The lowest BCUT2D eigenvalue weighted by molar-refractivity contribution is -0.384. The van der Waals surface area contributed by atoms with Crippen LogP contribution in [0.15, 0.2) is 71.1 Å². The number of hydrogen-bond donors (Lipinski definition) is 2. The fourth-order valence-electron chi connectivity index (χ4n) is 2.16. The summed E-state index contributed by atoms with van der Waals surface area (Å²) in [5.41, 5.74) is 6.60. The number of carbonyl (C=O) groups excluding carboxylic acids is 1. The average Bonchev–Trinajstić information content (AvgIpc) is 3.12. The molecule has 3 N–H and O–H groups in total. The molecular formula is C19H17N3O4. The Morgan fingerprint density at radius 1 is 1.12 bits per heavy atom. The van der Waals surface area contributed by atoms with E-state index in [4.69, 9.17) is 15.6 Å². The Morgan fingerprint density at radius 3 is 2.42 bits per heavy atom. The van der Waals surface area contributed by atoms with Crippen molar-refractivity contribution >= 4 is 17.8 Å². The van der Waals surface area contributed by atoms with Gasteiger partial charge in [-0.05, 0) is 17.7 Å².